The number of piperidine rings is 1. The van der Waals surface area contributed by atoms with Crippen LogP contribution in [0.3, 0.4) is 0 Å². The van der Waals surface area contributed by atoms with Gasteiger partial charge >= 0.3 is 5.97 Å². The number of carbonyl (C=O) groups is 1. The number of allylic oxidation sites excluding steroid dienone is 1. The number of benzene rings is 3. The van der Waals surface area contributed by atoms with Crippen LogP contribution < -0.4 is 9.47 Å². The lowest BCUT2D eigenvalue weighted by Gasteiger charge is -2.33. The fraction of sp³-hybridized carbons (Fsp3) is 0.367. The van der Waals surface area contributed by atoms with Crippen molar-refractivity contribution in [3.8, 4) is 11.5 Å². The number of likely N-dealkylation sites (tertiary alicyclic amines) is 1. The third-order valence-electron chi connectivity index (χ3n) is 7.09. The third kappa shape index (κ3) is 5.89. The molecule has 0 radical (unpaired) electrons. The fourth-order valence-electron chi connectivity index (χ4n) is 5.09. The summed E-state index contributed by atoms with van der Waals surface area (Å²) in [6.07, 6.45) is 4.44. The van der Waals surface area contributed by atoms with Gasteiger partial charge in [0.25, 0.3) is 0 Å². The Balaban J connectivity index is 1.12. The molecule has 5 rings (SSSR count). The molecule has 2 fully saturated rings. The van der Waals surface area contributed by atoms with E-state index in [1.165, 1.54) is 16.3 Å². The van der Waals surface area contributed by atoms with Crippen LogP contribution >= 0.6 is 0 Å². The Morgan fingerprint density at radius 3 is 2.61 bits per heavy atom. The van der Waals surface area contributed by atoms with Gasteiger partial charge < -0.3 is 24.2 Å². The summed E-state index contributed by atoms with van der Waals surface area (Å²) in [5.74, 6) is 2.56. The van der Waals surface area contributed by atoms with Crippen LogP contribution in [0.1, 0.15) is 42.7 Å². The summed E-state index contributed by atoms with van der Waals surface area (Å²) in [5.41, 5.74) is 2.24. The zero-order chi connectivity index (χ0) is 24.9. The predicted octanol–water partition coefficient (Wildman–Crippen LogP) is 5.15. The van der Waals surface area contributed by atoms with E-state index in [0.29, 0.717) is 36.8 Å². The SMILES string of the molecule is COc1ccc2cc(C3CCN(CC(O)COc4ccccc4C=C4CCC(=O)O4)CC3)ccc2c1. The topological polar surface area (TPSA) is 68.2 Å². The number of carbonyl (C=O) groups excluding carboxylic acids is 1. The molecule has 0 spiro atoms. The third-order valence-corrected chi connectivity index (χ3v) is 7.09. The maximum atomic E-state index is 11.4. The Morgan fingerprint density at radius 2 is 1.83 bits per heavy atom. The Morgan fingerprint density at radius 1 is 1.06 bits per heavy atom. The lowest BCUT2D eigenvalue weighted by Crippen LogP contribution is -2.40. The number of esters is 1. The second-order valence-electron chi connectivity index (χ2n) is 9.63. The van der Waals surface area contributed by atoms with Crippen LogP contribution in [0.2, 0.25) is 0 Å². The molecule has 36 heavy (non-hydrogen) atoms. The number of β-amino-alcohol motifs (C(OH)–C–C–N with tert-alkyl or cyclic N) is 1. The molecular formula is C30H33NO5. The quantitative estimate of drug-likeness (QED) is 0.444. The number of fused-ring (bicyclic) bond motifs is 1. The van der Waals surface area contributed by atoms with E-state index in [1.54, 1.807) is 7.11 Å². The summed E-state index contributed by atoms with van der Waals surface area (Å²) in [4.78, 5) is 13.7. The number of aliphatic hydroxyl groups is 1. The molecule has 0 amide bonds. The van der Waals surface area contributed by atoms with Gasteiger partial charge in [0.05, 0.1) is 13.5 Å². The molecule has 188 valence electrons. The minimum Gasteiger partial charge on any atom is -0.497 e. The zero-order valence-corrected chi connectivity index (χ0v) is 20.7. The molecule has 1 atom stereocenters. The van der Waals surface area contributed by atoms with E-state index in [0.717, 1.165) is 37.2 Å². The van der Waals surface area contributed by atoms with E-state index < -0.39 is 6.10 Å². The molecule has 2 aliphatic rings. The highest BCUT2D eigenvalue weighted by Crippen LogP contribution is 2.31. The van der Waals surface area contributed by atoms with Gasteiger partial charge in [-0.25, -0.2) is 0 Å². The van der Waals surface area contributed by atoms with Crippen molar-refractivity contribution in [2.24, 2.45) is 0 Å². The Bertz CT molecular complexity index is 1250. The molecule has 2 aliphatic heterocycles. The summed E-state index contributed by atoms with van der Waals surface area (Å²) in [5, 5.41) is 13.1. The van der Waals surface area contributed by atoms with Gasteiger partial charge in [0, 0.05) is 18.5 Å². The Kier molecular flexibility index (Phi) is 7.54. The summed E-state index contributed by atoms with van der Waals surface area (Å²) in [6.45, 7) is 2.71. The molecule has 3 aromatic carbocycles. The average Bonchev–Trinajstić information content (AvgIpc) is 3.32. The smallest absolute Gasteiger partial charge is 0.311 e. The van der Waals surface area contributed by atoms with E-state index in [9.17, 15) is 9.90 Å². The molecule has 0 bridgehead atoms. The fourth-order valence-corrected chi connectivity index (χ4v) is 5.09. The van der Waals surface area contributed by atoms with Crippen molar-refractivity contribution in [1.29, 1.82) is 0 Å². The number of methoxy groups -OCH3 is 1. The van der Waals surface area contributed by atoms with Crippen molar-refractivity contribution in [2.75, 3.05) is 33.4 Å². The zero-order valence-electron chi connectivity index (χ0n) is 20.7. The van der Waals surface area contributed by atoms with Gasteiger partial charge in [-0.2, -0.15) is 0 Å². The number of cyclic esters (lactones) is 1. The first-order valence-electron chi connectivity index (χ1n) is 12.7. The van der Waals surface area contributed by atoms with E-state index in [4.69, 9.17) is 14.2 Å². The molecule has 0 aromatic heterocycles. The van der Waals surface area contributed by atoms with E-state index in [1.807, 2.05) is 36.4 Å². The number of para-hydroxylation sites is 1. The van der Waals surface area contributed by atoms with Crippen molar-refractivity contribution >= 4 is 22.8 Å². The molecule has 2 heterocycles. The minimum absolute atomic E-state index is 0.194. The molecular weight excluding hydrogens is 454 g/mol. The van der Waals surface area contributed by atoms with Gasteiger partial charge in [-0.05, 0) is 72.5 Å². The van der Waals surface area contributed by atoms with E-state index in [2.05, 4.69) is 35.2 Å². The second kappa shape index (κ2) is 11.1. The van der Waals surface area contributed by atoms with Crippen LogP contribution in [0, 0.1) is 0 Å². The van der Waals surface area contributed by atoms with Crippen LogP contribution in [0.25, 0.3) is 16.8 Å². The molecule has 0 aliphatic carbocycles. The molecule has 1 unspecified atom stereocenters. The van der Waals surface area contributed by atoms with Gasteiger partial charge in [0.1, 0.15) is 30.0 Å². The first-order chi connectivity index (χ1) is 17.6. The minimum atomic E-state index is -0.581. The predicted molar refractivity (Wildman–Crippen MR) is 140 cm³/mol. The number of nitrogens with zero attached hydrogens (tertiary/aromatic N) is 1. The van der Waals surface area contributed by atoms with Crippen molar-refractivity contribution in [3.05, 3.63) is 77.5 Å². The number of aliphatic hydroxyl groups excluding tert-OH is 1. The van der Waals surface area contributed by atoms with Gasteiger partial charge in [-0.3, -0.25) is 4.79 Å². The summed E-state index contributed by atoms with van der Waals surface area (Å²) >= 11 is 0. The van der Waals surface area contributed by atoms with Crippen molar-refractivity contribution < 1.29 is 24.1 Å². The molecule has 6 heteroatoms. The van der Waals surface area contributed by atoms with Crippen molar-refractivity contribution in [3.63, 3.8) is 0 Å². The van der Waals surface area contributed by atoms with Crippen molar-refractivity contribution in [2.45, 2.75) is 37.7 Å². The maximum Gasteiger partial charge on any atom is 0.311 e. The Hall–Kier alpha value is -3.35. The van der Waals surface area contributed by atoms with Gasteiger partial charge in [-0.1, -0.05) is 42.5 Å². The number of rotatable bonds is 8. The Labute approximate surface area is 212 Å². The van der Waals surface area contributed by atoms with Gasteiger partial charge in [-0.15, -0.1) is 0 Å². The van der Waals surface area contributed by atoms with Crippen LogP contribution in [-0.4, -0.2) is 55.4 Å². The van der Waals surface area contributed by atoms with Crippen LogP contribution in [0.4, 0.5) is 0 Å². The monoisotopic (exact) mass is 487 g/mol. The average molecular weight is 488 g/mol. The first-order valence-corrected chi connectivity index (χ1v) is 12.7. The highest BCUT2D eigenvalue weighted by atomic mass is 16.5. The normalized spacial score (nSPS) is 18.9. The second-order valence-corrected chi connectivity index (χ2v) is 9.63. The standard InChI is InChI=1S/C30H33NO5/c1-34-27-9-8-23-16-22(6-7-24(23)17-27)21-12-14-31(15-13-21)19-26(32)20-35-29-5-3-2-4-25(29)18-28-10-11-30(33)36-28/h2-9,16-18,21,26,32H,10-15,19-20H2,1H3. The van der Waals surface area contributed by atoms with Crippen LogP contribution in [0.15, 0.2) is 66.4 Å². The largest absolute Gasteiger partial charge is 0.497 e. The van der Waals surface area contributed by atoms with Gasteiger partial charge in [0.2, 0.25) is 0 Å². The van der Waals surface area contributed by atoms with E-state index in [-0.39, 0.29) is 12.6 Å². The highest BCUT2D eigenvalue weighted by molar-refractivity contribution is 5.84. The lowest BCUT2D eigenvalue weighted by molar-refractivity contribution is -0.135. The molecule has 2 saturated heterocycles. The molecule has 1 N–H and O–H groups in total. The molecule has 0 saturated carbocycles. The summed E-state index contributed by atoms with van der Waals surface area (Å²) in [7, 11) is 1.69. The van der Waals surface area contributed by atoms with Crippen molar-refractivity contribution in [1.82, 2.24) is 4.90 Å². The summed E-state index contributed by atoms with van der Waals surface area (Å²) < 4.78 is 16.5. The maximum absolute atomic E-state index is 11.4. The van der Waals surface area contributed by atoms with E-state index >= 15 is 0 Å². The molecule has 3 aromatic rings. The van der Waals surface area contributed by atoms with Crippen LogP contribution in [0.5, 0.6) is 11.5 Å². The molecule has 6 nitrogen and oxygen atoms in total. The lowest BCUT2D eigenvalue weighted by atomic mass is 9.88. The highest BCUT2D eigenvalue weighted by Gasteiger charge is 2.23. The number of hydrogen-bond acceptors (Lipinski definition) is 6. The summed E-state index contributed by atoms with van der Waals surface area (Å²) in [6, 6.07) is 20.6. The number of ether oxygens (including phenoxy) is 3. The van der Waals surface area contributed by atoms with Crippen LogP contribution in [-0.2, 0) is 9.53 Å². The van der Waals surface area contributed by atoms with Gasteiger partial charge in [0.15, 0.2) is 0 Å². The number of hydrogen-bond donors (Lipinski definition) is 1. The first kappa shape index (κ1) is 24.3.